The largest absolute Gasteiger partial charge is 0.465 e. The van der Waals surface area contributed by atoms with Crippen LogP contribution < -0.4 is 4.74 Å². The molecule has 0 saturated carbocycles. The van der Waals surface area contributed by atoms with E-state index in [4.69, 9.17) is 9.84 Å². The summed E-state index contributed by atoms with van der Waals surface area (Å²) in [6, 6.07) is 9.25. The predicted octanol–water partition coefficient (Wildman–Crippen LogP) is 6.21. The molecule has 2 fully saturated rings. The number of halogens is 3. The number of pyridine rings is 1. The number of benzene rings is 1. The number of hydrogen-bond donors (Lipinski definition) is 3. The maximum atomic E-state index is 12.6. The first-order valence-corrected chi connectivity index (χ1v) is 16.6. The predicted molar refractivity (Wildman–Crippen MR) is 168 cm³/mol. The summed E-state index contributed by atoms with van der Waals surface area (Å²) in [6.07, 6.45) is 4.07. The maximum absolute atomic E-state index is 12.6. The van der Waals surface area contributed by atoms with Crippen LogP contribution in [0.3, 0.4) is 0 Å². The molecule has 17 heteroatoms. The lowest BCUT2D eigenvalue weighted by molar-refractivity contribution is -0.137. The van der Waals surface area contributed by atoms with Crippen LogP contribution in [0.1, 0.15) is 42.5 Å². The molecule has 0 bridgehead atoms. The number of carbonyl (C=O) groups is 2. The van der Waals surface area contributed by atoms with E-state index in [9.17, 15) is 22.8 Å². The Morgan fingerprint density at radius 2 is 1.55 bits per heavy atom. The first-order valence-electron chi connectivity index (χ1n) is 14.9. The van der Waals surface area contributed by atoms with Gasteiger partial charge in [0.25, 0.3) is 0 Å². The molecule has 47 heavy (non-hydrogen) atoms. The van der Waals surface area contributed by atoms with Gasteiger partial charge in [-0.2, -0.15) is 18.3 Å². The van der Waals surface area contributed by atoms with E-state index in [-0.39, 0.29) is 0 Å². The molecule has 0 atom stereocenters. The Balaban J connectivity index is 0.000000241. The topological polar surface area (TPSA) is 153 Å². The third-order valence-electron chi connectivity index (χ3n) is 7.50. The highest BCUT2D eigenvalue weighted by atomic mass is 32.2. The van der Waals surface area contributed by atoms with Gasteiger partial charge in [0, 0.05) is 67.4 Å². The lowest BCUT2D eigenvalue weighted by Crippen LogP contribution is -2.40. The number of hydrogen-bond acceptors (Lipinski definition) is 9. The number of aromatic amines is 2. The lowest BCUT2D eigenvalue weighted by atomic mass is 10.1. The molecule has 2 amide bonds. The highest BCUT2D eigenvalue weighted by molar-refractivity contribution is 8.00. The Morgan fingerprint density at radius 3 is 2.09 bits per heavy atom. The van der Waals surface area contributed by atoms with Crippen molar-refractivity contribution >= 4 is 35.7 Å². The van der Waals surface area contributed by atoms with Crippen molar-refractivity contribution in [2.45, 2.75) is 59.1 Å². The molecule has 12 nitrogen and oxygen atoms in total. The molecule has 3 N–H and O–H groups in total. The standard InChI is InChI=1S/C21H20F3N5O2S.C9H13N3O2S/c22-21(23,24)15-3-4-16(25-12-15)11-14-1-5-17(6-2-14)31-20(30)29-9-7-18(8-10-29)32-19-26-13-27-28-19;13-9(14)12-5-1-7(2-6-12)15-8-10-3-4-11-8/h1-6,12-13,18H,7-11H2,(H,26,27,28);3-4,7H,1-2,5-6H2,(H,10,11)(H,13,14). The third-order valence-corrected chi connectivity index (χ3v) is 9.98. The van der Waals surface area contributed by atoms with Gasteiger partial charge in [0.2, 0.25) is 0 Å². The third kappa shape index (κ3) is 10.4. The number of H-pyrrole nitrogens is 2. The number of likely N-dealkylation sites (tertiary alicyclic amines) is 2. The van der Waals surface area contributed by atoms with Gasteiger partial charge in [0.1, 0.15) is 12.1 Å². The maximum Gasteiger partial charge on any atom is 0.417 e. The first kappa shape index (κ1) is 34.1. The number of nitrogens with one attached hydrogen (secondary N) is 2. The van der Waals surface area contributed by atoms with Gasteiger partial charge in [-0.1, -0.05) is 35.7 Å². The van der Waals surface area contributed by atoms with Crippen molar-refractivity contribution in [2.75, 3.05) is 26.2 Å². The summed E-state index contributed by atoms with van der Waals surface area (Å²) in [7, 11) is 0. The van der Waals surface area contributed by atoms with Gasteiger partial charge in [-0.05, 0) is 55.5 Å². The van der Waals surface area contributed by atoms with Crippen LogP contribution in [0, 0.1) is 0 Å². The highest BCUT2D eigenvalue weighted by Gasteiger charge is 2.30. The number of nitrogens with zero attached hydrogens (tertiary/aromatic N) is 6. The molecule has 5 heterocycles. The van der Waals surface area contributed by atoms with E-state index in [2.05, 4.69) is 30.1 Å². The number of alkyl halides is 3. The summed E-state index contributed by atoms with van der Waals surface area (Å²) in [5.74, 6) is 0.414. The number of thioether (sulfide) groups is 2. The molecule has 2 aliphatic rings. The van der Waals surface area contributed by atoms with Crippen LogP contribution in [0.4, 0.5) is 22.8 Å². The molecular formula is C30H33F3N8O4S2. The van der Waals surface area contributed by atoms with Gasteiger partial charge in [-0.3, -0.25) is 10.1 Å². The zero-order chi connectivity index (χ0) is 33.2. The molecule has 1 aromatic carbocycles. The van der Waals surface area contributed by atoms with Gasteiger partial charge in [0.05, 0.1) is 5.56 Å². The Morgan fingerprint density at radius 1 is 0.894 bits per heavy atom. The van der Waals surface area contributed by atoms with Crippen molar-refractivity contribution in [2.24, 2.45) is 0 Å². The van der Waals surface area contributed by atoms with Crippen LogP contribution in [0.15, 0.2) is 71.6 Å². The summed E-state index contributed by atoms with van der Waals surface area (Å²) in [5, 5.41) is 18.0. The fourth-order valence-electron chi connectivity index (χ4n) is 4.95. The van der Waals surface area contributed by atoms with Crippen molar-refractivity contribution in [1.82, 2.24) is 39.9 Å². The summed E-state index contributed by atoms with van der Waals surface area (Å²) >= 11 is 3.32. The van der Waals surface area contributed by atoms with Crippen molar-refractivity contribution < 1.29 is 32.6 Å². The van der Waals surface area contributed by atoms with Crippen LogP contribution in [0.2, 0.25) is 0 Å². The molecule has 2 saturated heterocycles. The highest BCUT2D eigenvalue weighted by Crippen LogP contribution is 2.30. The van der Waals surface area contributed by atoms with E-state index in [0.717, 1.165) is 53.8 Å². The SMILES string of the molecule is O=C(O)N1CCC(Sc2ncc[nH]2)CC1.O=C(Oc1ccc(Cc2ccc(C(F)(F)F)cn2)cc1)N1CCC(Sc2ncn[nH]2)CC1. The normalized spacial score (nSPS) is 16.0. The number of ether oxygens (including phenoxy) is 1. The number of amides is 2. The zero-order valence-corrected chi connectivity index (χ0v) is 26.7. The van der Waals surface area contributed by atoms with Gasteiger partial charge in [-0.15, -0.1) is 0 Å². The number of piperidine rings is 2. The molecule has 4 aromatic rings. The number of imidazole rings is 1. The van der Waals surface area contributed by atoms with Gasteiger partial charge < -0.3 is 24.6 Å². The minimum absolute atomic E-state index is 0.366. The number of rotatable bonds is 7. The van der Waals surface area contributed by atoms with Gasteiger partial charge >= 0.3 is 18.4 Å². The van der Waals surface area contributed by atoms with E-state index in [1.807, 2.05) is 0 Å². The fourth-order valence-corrected chi connectivity index (χ4v) is 6.95. The van der Waals surface area contributed by atoms with E-state index in [0.29, 0.717) is 54.5 Å². The minimum atomic E-state index is -4.40. The Kier molecular flexibility index (Phi) is 11.6. The summed E-state index contributed by atoms with van der Waals surface area (Å²) in [4.78, 5) is 41.4. The van der Waals surface area contributed by atoms with Crippen LogP contribution in [-0.4, -0.2) is 93.9 Å². The summed E-state index contributed by atoms with van der Waals surface area (Å²) in [6.45, 7) is 2.46. The number of carbonyl (C=O) groups excluding carboxylic acids is 1. The van der Waals surface area contributed by atoms with Gasteiger partial charge in [-0.25, -0.2) is 19.6 Å². The van der Waals surface area contributed by atoms with E-state index < -0.39 is 23.9 Å². The Hall–Kier alpha value is -4.25. The van der Waals surface area contributed by atoms with E-state index in [1.54, 1.807) is 65.1 Å². The number of carboxylic acid groups (broad SMARTS) is 1. The molecule has 0 spiro atoms. The summed E-state index contributed by atoms with van der Waals surface area (Å²) in [5.41, 5.74) is 0.597. The van der Waals surface area contributed by atoms with E-state index in [1.165, 1.54) is 17.3 Å². The quantitative estimate of drug-likeness (QED) is 0.204. The second-order valence-electron chi connectivity index (χ2n) is 10.8. The minimum Gasteiger partial charge on any atom is -0.465 e. The molecule has 6 rings (SSSR count). The van der Waals surface area contributed by atoms with Crippen LogP contribution in [0.25, 0.3) is 0 Å². The molecule has 0 aliphatic carbocycles. The summed E-state index contributed by atoms with van der Waals surface area (Å²) < 4.78 is 43.4. The zero-order valence-electron chi connectivity index (χ0n) is 25.1. The second-order valence-corrected chi connectivity index (χ2v) is 13.4. The smallest absolute Gasteiger partial charge is 0.417 e. The fraction of sp³-hybridized carbons (Fsp3) is 0.400. The Labute approximate surface area is 276 Å². The molecule has 0 radical (unpaired) electrons. The van der Waals surface area contributed by atoms with Crippen LogP contribution in [-0.2, 0) is 12.6 Å². The monoisotopic (exact) mass is 690 g/mol. The Bertz CT molecular complexity index is 1540. The van der Waals surface area contributed by atoms with Crippen LogP contribution >= 0.6 is 23.5 Å². The number of aromatic nitrogens is 6. The van der Waals surface area contributed by atoms with Crippen molar-refractivity contribution in [3.05, 3.63) is 78.1 Å². The van der Waals surface area contributed by atoms with Gasteiger partial charge in [0.15, 0.2) is 10.3 Å². The van der Waals surface area contributed by atoms with E-state index >= 15 is 0 Å². The molecule has 0 unspecified atom stereocenters. The van der Waals surface area contributed by atoms with Crippen molar-refractivity contribution in [3.63, 3.8) is 0 Å². The lowest BCUT2D eigenvalue weighted by Gasteiger charge is -2.30. The molecule has 250 valence electrons. The molecule has 2 aliphatic heterocycles. The first-order chi connectivity index (χ1) is 22.6. The average Bonchev–Trinajstić information content (AvgIpc) is 3.78. The average molecular weight is 691 g/mol. The van der Waals surface area contributed by atoms with Crippen molar-refractivity contribution in [3.8, 4) is 5.75 Å². The molecule has 3 aromatic heterocycles. The molecular weight excluding hydrogens is 658 g/mol. The van der Waals surface area contributed by atoms with Crippen LogP contribution in [0.5, 0.6) is 5.75 Å². The van der Waals surface area contributed by atoms with Crippen molar-refractivity contribution in [1.29, 1.82) is 0 Å². The second kappa shape index (κ2) is 16.0.